The molecule has 6 heteroatoms. The van der Waals surface area contributed by atoms with Crippen molar-refractivity contribution in [2.45, 2.75) is 25.8 Å². The molecule has 1 N–H and O–H groups in total. The summed E-state index contributed by atoms with van der Waals surface area (Å²) in [5.74, 6) is -0.724. The quantitative estimate of drug-likeness (QED) is 0.652. The number of hydrogen-bond acceptors (Lipinski definition) is 4. The number of pyridine rings is 1. The summed E-state index contributed by atoms with van der Waals surface area (Å²) in [6.45, 7) is 4.62. The number of amides is 2. The molecule has 1 aliphatic heterocycles. The van der Waals surface area contributed by atoms with Crippen LogP contribution >= 0.6 is 0 Å². The molecule has 0 radical (unpaired) electrons. The minimum Gasteiger partial charge on any atom is -0.330 e. The molecule has 2 amide bonds. The number of fused-ring (bicyclic) bond motifs is 1. The zero-order valence-corrected chi connectivity index (χ0v) is 18.0. The van der Waals surface area contributed by atoms with Gasteiger partial charge >= 0.3 is 0 Å². The Bertz CT molecular complexity index is 1180. The lowest BCUT2D eigenvalue weighted by Crippen LogP contribution is -2.47. The van der Waals surface area contributed by atoms with E-state index < -0.39 is 12.0 Å². The van der Waals surface area contributed by atoms with Crippen molar-refractivity contribution in [3.8, 4) is 6.07 Å². The van der Waals surface area contributed by atoms with Gasteiger partial charge in [0.1, 0.15) is 0 Å². The van der Waals surface area contributed by atoms with Gasteiger partial charge in [-0.1, -0.05) is 44.2 Å². The third-order valence-electron chi connectivity index (χ3n) is 5.57. The Kier molecular flexibility index (Phi) is 6.00. The molecule has 0 spiro atoms. The summed E-state index contributed by atoms with van der Waals surface area (Å²) in [5.41, 5.74) is 3.05. The highest BCUT2D eigenvalue weighted by Gasteiger charge is 2.44. The van der Waals surface area contributed by atoms with Crippen molar-refractivity contribution in [2.75, 3.05) is 11.9 Å². The molecular weight excluding hydrogens is 400 g/mol. The molecule has 0 saturated heterocycles. The van der Waals surface area contributed by atoms with E-state index in [1.807, 2.05) is 30.3 Å². The highest BCUT2D eigenvalue weighted by Crippen LogP contribution is 2.43. The van der Waals surface area contributed by atoms with Crippen molar-refractivity contribution < 1.29 is 9.59 Å². The summed E-state index contributed by atoms with van der Waals surface area (Å²) in [7, 11) is 0. The first-order valence-electron chi connectivity index (χ1n) is 10.6. The molecule has 0 unspecified atom stereocenters. The predicted octanol–water partition coefficient (Wildman–Crippen LogP) is 4.53. The van der Waals surface area contributed by atoms with Crippen molar-refractivity contribution in [1.82, 2.24) is 9.88 Å². The Balaban J connectivity index is 1.83. The summed E-state index contributed by atoms with van der Waals surface area (Å²) in [4.78, 5) is 33.2. The number of aromatic nitrogens is 1. The maximum absolute atomic E-state index is 13.7. The molecule has 160 valence electrons. The van der Waals surface area contributed by atoms with Crippen LogP contribution in [0.15, 0.2) is 73.1 Å². The summed E-state index contributed by atoms with van der Waals surface area (Å²) in [6, 6.07) is 19.4. The first-order valence-corrected chi connectivity index (χ1v) is 10.6. The van der Waals surface area contributed by atoms with Crippen molar-refractivity contribution in [2.24, 2.45) is 5.92 Å². The first kappa shape index (κ1) is 21.3. The number of hydrogen-bond donors (Lipinski definition) is 1. The number of nitriles is 1. The van der Waals surface area contributed by atoms with Gasteiger partial charge in [-0.3, -0.25) is 14.6 Å². The molecule has 1 aromatic heterocycles. The molecule has 1 aliphatic rings. The van der Waals surface area contributed by atoms with Crippen LogP contribution in [0.5, 0.6) is 0 Å². The molecule has 0 fully saturated rings. The normalized spacial score (nSPS) is 17.6. The third kappa shape index (κ3) is 4.10. The van der Waals surface area contributed by atoms with Crippen LogP contribution in [-0.4, -0.2) is 28.2 Å². The first-order chi connectivity index (χ1) is 15.5. The van der Waals surface area contributed by atoms with Crippen molar-refractivity contribution in [1.29, 1.82) is 5.26 Å². The standard InChI is InChI=1S/C26H24N4O2/c1-17(2)16-30-24(19-8-6-12-28-15-19)23(21-10-3-4-11-22(21)26(30)32)25(31)29-20-9-5-7-18(13-20)14-27/h3-13,15,17,23-24H,16H2,1-2H3,(H,29,31)/t23-,24+/m0/s1. The SMILES string of the molecule is CC(C)CN1C(=O)c2ccccc2[C@H](C(=O)Nc2cccc(C#N)c2)[C@H]1c1cccnc1. The van der Waals surface area contributed by atoms with E-state index in [1.165, 1.54) is 0 Å². The van der Waals surface area contributed by atoms with Crippen LogP contribution < -0.4 is 5.32 Å². The van der Waals surface area contributed by atoms with E-state index in [-0.39, 0.29) is 17.7 Å². The minimum atomic E-state index is -0.627. The number of carbonyl (C=O) groups excluding carboxylic acids is 2. The monoisotopic (exact) mass is 424 g/mol. The van der Waals surface area contributed by atoms with E-state index in [0.717, 1.165) is 5.56 Å². The fraction of sp³-hybridized carbons (Fsp3) is 0.231. The lowest BCUT2D eigenvalue weighted by molar-refractivity contribution is -0.119. The molecule has 32 heavy (non-hydrogen) atoms. The van der Waals surface area contributed by atoms with Crippen LogP contribution in [0.2, 0.25) is 0 Å². The molecule has 2 atom stereocenters. The summed E-state index contributed by atoms with van der Waals surface area (Å²) in [6.07, 6.45) is 3.40. The second kappa shape index (κ2) is 9.03. The number of carbonyl (C=O) groups is 2. The van der Waals surface area contributed by atoms with E-state index in [2.05, 4.69) is 30.2 Å². The molecule has 0 saturated carbocycles. The lowest BCUT2D eigenvalue weighted by atomic mass is 9.79. The fourth-order valence-corrected chi connectivity index (χ4v) is 4.28. The second-order valence-corrected chi connectivity index (χ2v) is 8.33. The van der Waals surface area contributed by atoms with Gasteiger partial charge in [-0.25, -0.2) is 0 Å². The highest BCUT2D eigenvalue weighted by molar-refractivity contribution is 6.04. The van der Waals surface area contributed by atoms with Gasteiger partial charge in [0.05, 0.1) is 23.6 Å². The molecule has 0 aliphatic carbocycles. The van der Waals surface area contributed by atoms with Gasteiger partial charge in [0.25, 0.3) is 5.91 Å². The maximum atomic E-state index is 13.7. The van der Waals surface area contributed by atoms with Crippen LogP contribution in [0.25, 0.3) is 0 Å². The summed E-state index contributed by atoms with van der Waals surface area (Å²) in [5, 5.41) is 12.2. The lowest BCUT2D eigenvalue weighted by Gasteiger charge is -2.42. The van der Waals surface area contributed by atoms with Gasteiger partial charge in [0.15, 0.2) is 0 Å². The summed E-state index contributed by atoms with van der Waals surface area (Å²) >= 11 is 0. The Morgan fingerprint density at radius 3 is 2.69 bits per heavy atom. The van der Waals surface area contributed by atoms with Gasteiger partial charge in [-0.2, -0.15) is 5.26 Å². The van der Waals surface area contributed by atoms with Gasteiger partial charge < -0.3 is 10.2 Å². The van der Waals surface area contributed by atoms with Gasteiger partial charge in [0.2, 0.25) is 5.91 Å². The Labute approximate surface area is 187 Å². The largest absolute Gasteiger partial charge is 0.330 e. The third-order valence-corrected chi connectivity index (χ3v) is 5.57. The molecule has 0 bridgehead atoms. The second-order valence-electron chi connectivity index (χ2n) is 8.33. The van der Waals surface area contributed by atoms with Crippen LogP contribution in [0.1, 0.15) is 52.9 Å². The minimum absolute atomic E-state index is 0.0846. The van der Waals surface area contributed by atoms with E-state index in [9.17, 15) is 14.9 Å². The Morgan fingerprint density at radius 2 is 1.97 bits per heavy atom. The number of rotatable bonds is 5. The molecular formula is C26H24N4O2. The topological polar surface area (TPSA) is 86.1 Å². The van der Waals surface area contributed by atoms with Crippen molar-refractivity contribution in [3.05, 3.63) is 95.3 Å². The molecule has 4 rings (SSSR count). The van der Waals surface area contributed by atoms with Crippen molar-refractivity contribution in [3.63, 3.8) is 0 Å². The molecule has 2 aromatic carbocycles. The van der Waals surface area contributed by atoms with E-state index in [1.54, 1.807) is 47.6 Å². The maximum Gasteiger partial charge on any atom is 0.254 e. The number of nitrogens with zero attached hydrogens (tertiary/aromatic N) is 3. The molecule has 2 heterocycles. The molecule has 6 nitrogen and oxygen atoms in total. The van der Waals surface area contributed by atoms with Gasteiger partial charge in [-0.15, -0.1) is 0 Å². The highest BCUT2D eigenvalue weighted by atomic mass is 16.2. The molecule has 3 aromatic rings. The number of benzene rings is 2. The Hall–Kier alpha value is -3.98. The van der Waals surface area contributed by atoms with Crippen LogP contribution in [0.4, 0.5) is 5.69 Å². The number of anilines is 1. The Morgan fingerprint density at radius 1 is 1.16 bits per heavy atom. The summed E-state index contributed by atoms with van der Waals surface area (Å²) < 4.78 is 0. The van der Waals surface area contributed by atoms with Crippen LogP contribution in [0, 0.1) is 17.2 Å². The van der Waals surface area contributed by atoms with Crippen LogP contribution in [-0.2, 0) is 4.79 Å². The predicted molar refractivity (Wildman–Crippen MR) is 122 cm³/mol. The van der Waals surface area contributed by atoms with Gasteiger partial charge in [0, 0.05) is 30.2 Å². The van der Waals surface area contributed by atoms with Crippen molar-refractivity contribution >= 4 is 17.5 Å². The van der Waals surface area contributed by atoms with Crippen LogP contribution in [0.3, 0.4) is 0 Å². The average Bonchev–Trinajstić information content (AvgIpc) is 2.81. The zero-order valence-electron chi connectivity index (χ0n) is 18.0. The number of nitrogens with one attached hydrogen (secondary N) is 1. The van der Waals surface area contributed by atoms with Gasteiger partial charge in [-0.05, 0) is 47.4 Å². The van der Waals surface area contributed by atoms with E-state index in [4.69, 9.17) is 0 Å². The zero-order chi connectivity index (χ0) is 22.7. The van der Waals surface area contributed by atoms with E-state index in [0.29, 0.717) is 28.9 Å². The fourth-order valence-electron chi connectivity index (χ4n) is 4.28. The van der Waals surface area contributed by atoms with E-state index >= 15 is 0 Å². The average molecular weight is 425 g/mol. The smallest absolute Gasteiger partial charge is 0.254 e.